The molecule has 0 aliphatic carbocycles. The van der Waals surface area contributed by atoms with E-state index in [0.29, 0.717) is 22.4 Å². The molecule has 0 bridgehead atoms. The van der Waals surface area contributed by atoms with Crippen LogP contribution in [0.4, 0.5) is 5.69 Å². The van der Waals surface area contributed by atoms with Crippen molar-refractivity contribution in [2.45, 2.75) is 50.7 Å². The first-order chi connectivity index (χ1) is 14.6. The lowest BCUT2D eigenvalue weighted by Crippen LogP contribution is -2.30. The number of nitrogens with zero attached hydrogens (tertiary/aromatic N) is 2. The van der Waals surface area contributed by atoms with E-state index in [9.17, 15) is 0 Å². The van der Waals surface area contributed by atoms with E-state index < -0.39 is 0 Å². The predicted octanol–water partition coefficient (Wildman–Crippen LogP) is 4.38. The van der Waals surface area contributed by atoms with Gasteiger partial charge in [0.15, 0.2) is 10.3 Å². The summed E-state index contributed by atoms with van der Waals surface area (Å²) in [5.74, 6) is 1.80. The quantitative estimate of drug-likeness (QED) is 0.251. The van der Waals surface area contributed by atoms with E-state index in [-0.39, 0.29) is 0 Å². The van der Waals surface area contributed by atoms with Crippen LogP contribution in [0.25, 0.3) is 0 Å². The van der Waals surface area contributed by atoms with Crippen molar-refractivity contribution in [2.75, 3.05) is 31.3 Å². The molecule has 1 fully saturated rings. The van der Waals surface area contributed by atoms with E-state index in [1.165, 1.54) is 24.6 Å². The first-order valence-electron chi connectivity index (χ1n) is 10.6. The minimum atomic E-state index is 0.360. The van der Waals surface area contributed by atoms with Gasteiger partial charge in [0, 0.05) is 23.9 Å². The molecule has 2 aliphatic rings. The molecule has 1 aromatic rings. The summed E-state index contributed by atoms with van der Waals surface area (Å²) in [6.07, 6.45) is 11.0. The van der Waals surface area contributed by atoms with Gasteiger partial charge in [0.25, 0.3) is 0 Å². The summed E-state index contributed by atoms with van der Waals surface area (Å²) in [6, 6.07) is 8.30. The lowest BCUT2D eigenvalue weighted by molar-refractivity contribution is 0.158. The number of thiocarbonyl (C=S) groups is 1. The van der Waals surface area contributed by atoms with Crippen molar-refractivity contribution in [2.24, 2.45) is 10.7 Å². The van der Waals surface area contributed by atoms with Gasteiger partial charge in [-0.2, -0.15) is 4.99 Å². The van der Waals surface area contributed by atoms with Crippen molar-refractivity contribution in [1.82, 2.24) is 4.90 Å². The Bertz CT molecular complexity index is 731. The highest BCUT2D eigenvalue weighted by molar-refractivity contribution is 8.13. The highest BCUT2D eigenvalue weighted by Crippen LogP contribution is 2.20. The highest BCUT2D eigenvalue weighted by atomic mass is 32.2. The number of thioether (sulfide) groups is 1. The monoisotopic (exact) mass is 448 g/mol. The summed E-state index contributed by atoms with van der Waals surface area (Å²) >= 11 is 6.84. The number of anilines is 1. The number of nitrogens with two attached hydrogens (primary N) is 1. The number of benzene rings is 1. The number of amidine groups is 1. The minimum absolute atomic E-state index is 0.360. The number of hydrogen-bond acceptors (Lipinski definition) is 5. The summed E-state index contributed by atoms with van der Waals surface area (Å²) in [4.78, 5) is 6.63. The Balaban J connectivity index is 1.31. The SMILES string of the molecule is CN1CCC[C@H]1COc1ccc(NC(=S)N=C(N)SCCCCC2CC=CO2)cc1. The first-order valence-corrected chi connectivity index (χ1v) is 12.0. The Morgan fingerprint density at radius 1 is 1.37 bits per heavy atom. The van der Waals surface area contributed by atoms with Crippen molar-refractivity contribution < 1.29 is 9.47 Å². The van der Waals surface area contributed by atoms with E-state index in [4.69, 9.17) is 27.4 Å². The number of aliphatic imine (C=N–C) groups is 1. The second kappa shape index (κ2) is 12.2. The summed E-state index contributed by atoms with van der Waals surface area (Å²) in [5, 5.41) is 3.97. The number of hydrogen-bond donors (Lipinski definition) is 2. The maximum Gasteiger partial charge on any atom is 0.199 e. The number of rotatable bonds is 9. The first kappa shape index (κ1) is 22.9. The summed E-state index contributed by atoms with van der Waals surface area (Å²) in [7, 11) is 2.16. The fraction of sp³-hybridized carbons (Fsp3) is 0.545. The molecule has 0 amide bonds. The van der Waals surface area contributed by atoms with Crippen LogP contribution in [0.3, 0.4) is 0 Å². The predicted molar refractivity (Wildman–Crippen MR) is 130 cm³/mol. The van der Waals surface area contributed by atoms with Gasteiger partial charge in [-0.25, -0.2) is 0 Å². The lowest BCUT2D eigenvalue weighted by atomic mass is 10.1. The Morgan fingerprint density at radius 3 is 2.90 bits per heavy atom. The van der Waals surface area contributed by atoms with Gasteiger partial charge in [-0.1, -0.05) is 11.8 Å². The molecule has 164 valence electrons. The molecular formula is C22H32N4O2S2. The normalized spacial score (nSPS) is 21.6. The average molecular weight is 449 g/mol. The molecule has 2 atom stereocenters. The van der Waals surface area contributed by atoms with Gasteiger partial charge < -0.3 is 25.4 Å². The van der Waals surface area contributed by atoms with Gasteiger partial charge in [-0.15, -0.1) is 0 Å². The van der Waals surface area contributed by atoms with E-state index >= 15 is 0 Å². The minimum Gasteiger partial charge on any atom is -0.498 e. The fourth-order valence-electron chi connectivity index (χ4n) is 3.57. The van der Waals surface area contributed by atoms with Gasteiger partial charge >= 0.3 is 0 Å². The Hall–Kier alpha value is -1.77. The van der Waals surface area contributed by atoms with Crippen LogP contribution in [0.15, 0.2) is 41.6 Å². The van der Waals surface area contributed by atoms with Crippen LogP contribution in [0.1, 0.15) is 38.5 Å². The summed E-state index contributed by atoms with van der Waals surface area (Å²) in [5.41, 5.74) is 6.87. The Labute approximate surface area is 189 Å². The van der Waals surface area contributed by atoms with Gasteiger partial charge in [0.05, 0.1) is 6.26 Å². The zero-order valence-electron chi connectivity index (χ0n) is 17.6. The number of unbranched alkanes of at least 4 members (excludes halogenated alkanes) is 1. The van der Waals surface area contributed by atoms with Crippen molar-refractivity contribution in [3.63, 3.8) is 0 Å². The van der Waals surface area contributed by atoms with Crippen molar-refractivity contribution in [3.8, 4) is 5.75 Å². The molecule has 2 aliphatic heterocycles. The van der Waals surface area contributed by atoms with E-state index in [2.05, 4.69) is 28.3 Å². The van der Waals surface area contributed by atoms with Crippen LogP contribution in [0, 0.1) is 0 Å². The van der Waals surface area contributed by atoms with Crippen molar-refractivity contribution in [3.05, 3.63) is 36.6 Å². The van der Waals surface area contributed by atoms with Crippen LogP contribution in [0.5, 0.6) is 5.75 Å². The van der Waals surface area contributed by atoms with Crippen LogP contribution >= 0.6 is 24.0 Å². The third-order valence-electron chi connectivity index (χ3n) is 5.37. The molecule has 0 aromatic heterocycles. The lowest BCUT2D eigenvalue weighted by Gasteiger charge is -2.19. The molecule has 8 heteroatoms. The summed E-state index contributed by atoms with van der Waals surface area (Å²) < 4.78 is 11.4. The Kier molecular flexibility index (Phi) is 9.29. The Morgan fingerprint density at radius 2 is 2.20 bits per heavy atom. The van der Waals surface area contributed by atoms with Gasteiger partial charge in [-0.3, -0.25) is 0 Å². The highest BCUT2D eigenvalue weighted by Gasteiger charge is 2.21. The number of likely N-dealkylation sites (N-methyl/N-ethyl adjacent to an activating group) is 1. The van der Waals surface area contributed by atoms with E-state index in [0.717, 1.165) is 56.0 Å². The molecule has 6 nitrogen and oxygen atoms in total. The molecule has 0 saturated carbocycles. The number of likely N-dealkylation sites (tertiary alicyclic amines) is 1. The maximum atomic E-state index is 5.99. The summed E-state index contributed by atoms with van der Waals surface area (Å²) in [6.45, 7) is 1.88. The standard InChI is InChI=1S/C22H32N4O2S2/c1-26-13-4-6-18(26)16-28-20-11-9-17(10-12-20)24-22(29)25-21(23)30-15-3-2-7-19-8-5-14-27-19/h5,9-12,14,18-19H,2-4,6-8,13,15-16H2,1H3,(H3,23,24,25,29)/t18-,19?/m0/s1. The van der Waals surface area contributed by atoms with E-state index in [1.54, 1.807) is 6.26 Å². The van der Waals surface area contributed by atoms with Crippen molar-refractivity contribution >= 4 is 39.9 Å². The molecule has 0 spiro atoms. The third-order valence-corrected chi connectivity index (χ3v) is 6.44. The average Bonchev–Trinajstić information content (AvgIpc) is 3.39. The molecule has 0 radical (unpaired) electrons. The topological polar surface area (TPSA) is 72.1 Å². The molecule has 2 heterocycles. The van der Waals surface area contributed by atoms with Gasteiger partial charge in [0.1, 0.15) is 18.5 Å². The molecule has 3 N–H and O–H groups in total. The van der Waals surface area contributed by atoms with Crippen LogP contribution < -0.4 is 15.8 Å². The molecule has 30 heavy (non-hydrogen) atoms. The van der Waals surface area contributed by atoms with Gasteiger partial charge in [-0.05, 0) is 88.3 Å². The van der Waals surface area contributed by atoms with Crippen LogP contribution in [-0.2, 0) is 4.74 Å². The number of nitrogens with one attached hydrogen (secondary N) is 1. The molecule has 1 unspecified atom stereocenters. The van der Waals surface area contributed by atoms with Crippen LogP contribution in [-0.4, -0.2) is 53.3 Å². The maximum absolute atomic E-state index is 5.99. The number of ether oxygens (including phenoxy) is 2. The second-order valence-electron chi connectivity index (χ2n) is 7.70. The molecular weight excluding hydrogens is 416 g/mol. The smallest absolute Gasteiger partial charge is 0.199 e. The fourth-order valence-corrected chi connectivity index (χ4v) is 4.55. The zero-order valence-corrected chi connectivity index (χ0v) is 19.2. The second-order valence-corrected chi connectivity index (χ2v) is 9.20. The zero-order chi connectivity index (χ0) is 21.2. The van der Waals surface area contributed by atoms with Crippen LogP contribution in [0.2, 0.25) is 0 Å². The van der Waals surface area contributed by atoms with Crippen molar-refractivity contribution in [1.29, 1.82) is 0 Å². The van der Waals surface area contributed by atoms with E-state index in [1.807, 2.05) is 24.3 Å². The molecule has 1 saturated heterocycles. The molecule has 3 rings (SSSR count). The van der Waals surface area contributed by atoms with Gasteiger partial charge in [0.2, 0.25) is 0 Å². The molecule has 1 aromatic carbocycles. The third kappa shape index (κ3) is 7.81. The largest absolute Gasteiger partial charge is 0.498 e.